The molecule has 0 aromatic carbocycles. The fourth-order valence-electron chi connectivity index (χ4n) is 3.93. The third kappa shape index (κ3) is 0.701. The molecule has 0 radical (unpaired) electrons. The molecule has 0 aromatic heterocycles. The molecule has 0 heterocycles. The van der Waals surface area contributed by atoms with Crippen LogP contribution in [0.15, 0.2) is 0 Å². The Hall–Kier alpha value is 0. The van der Waals surface area contributed by atoms with Crippen molar-refractivity contribution in [1.82, 2.24) is 0 Å². The highest BCUT2D eigenvalue weighted by Gasteiger charge is 2.61. The number of hydrogen-bond donors (Lipinski definition) is 0. The lowest BCUT2D eigenvalue weighted by atomic mass is 9.58. The van der Waals surface area contributed by atoms with Crippen LogP contribution in [0.4, 0.5) is 0 Å². The molecule has 0 amide bonds. The molecule has 0 nitrogen and oxygen atoms in total. The zero-order chi connectivity index (χ0) is 9.15. The van der Waals surface area contributed by atoms with E-state index in [4.69, 9.17) is 0 Å². The monoisotopic (exact) mass is 166 g/mol. The summed E-state index contributed by atoms with van der Waals surface area (Å²) in [7, 11) is 0. The van der Waals surface area contributed by atoms with Crippen molar-refractivity contribution in [2.45, 2.75) is 47.5 Å². The first kappa shape index (κ1) is 8.59. The molecule has 2 saturated carbocycles. The van der Waals surface area contributed by atoms with Gasteiger partial charge in [0.1, 0.15) is 0 Å². The summed E-state index contributed by atoms with van der Waals surface area (Å²) in [6.07, 6.45) is 2.98. The maximum Gasteiger partial charge on any atom is -0.0243 e. The predicted octanol–water partition coefficient (Wildman–Crippen LogP) is 3.71. The quantitative estimate of drug-likeness (QED) is 0.514. The second-order valence-electron chi connectivity index (χ2n) is 6.03. The highest BCUT2D eigenvalue weighted by Crippen LogP contribution is 2.68. The van der Waals surface area contributed by atoms with E-state index in [1.807, 2.05) is 0 Å². The average Bonchev–Trinajstić information content (AvgIpc) is 2.33. The third-order valence-corrected chi connectivity index (χ3v) is 5.75. The first-order valence-electron chi connectivity index (χ1n) is 5.39. The van der Waals surface area contributed by atoms with Crippen molar-refractivity contribution >= 4 is 0 Å². The molecule has 0 N–H and O–H groups in total. The molecule has 4 atom stereocenters. The van der Waals surface area contributed by atoms with Crippen LogP contribution in [0.3, 0.4) is 0 Å². The summed E-state index contributed by atoms with van der Waals surface area (Å²) in [5.41, 5.74) is 1.21. The Morgan fingerprint density at radius 1 is 1.08 bits per heavy atom. The second-order valence-corrected chi connectivity index (χ2v) is 6.03. The lowest BCUT2D eigenvalue weighted by molar-refractivity contribution is 0.0151. The maximum absolute atomic E-state index is 2.52. The van der Waals surface area contributed by atoms with E-state index >= 15 is 0 Å². The largest absolute Gasteiger partial charge is 0.0620 e. The van der Waals surface area contributed by atoms with Gasteiger partial charge in [0.15, 0.2) is 0 Å². The van der Waals surface area contributed by atoms with Crippen molar-refractivity contribution in [3.8, 4) is 0 Å². The molecule has 70 valence electrons. The molecule has 2 bridgehead atoms. The van der Waals surface area contributed by atoms with Crippen molar-refractivity contribution in [3.63, 3.8) is 0 Å². The molecule has 4 unspecified atom stereocenters. The zero-order valence-corrected chi connectivity index (χ0v) is 9.15. The molecule has 0 spiro atoms. The van der Waals surface area contributed by atoms with Gasteiger partial charge in [0.05, 0.1) is 0 Å². The lowest BCUT2D eigenvalue weighted by Crippen LogP contribution is -2.40. The van der Waals surface area contributed by atoms with E-state index in [9.17, 15) is 0 Å². The van der Waals surface area contributed by atoms with Gasteiger partial charge in [0, 0.05) is 0 Å². The summed E-state index contributed by atoms with van der Waals surface area (Å²) < 4.78 is 0. The van der Waals surface area contributed by atoms with E-state index in [0.29, 0.717) is 10.8 Å². The van der Waals surface area contributed by atoms with Crippen molar-refractivity contribution in [3.05, 3.63) is 0 Å². The van der Waals surface area contributed by atoms with Gasteiger partial charge in [-0.2, -0.15) is 0 Å². The van der Waals surface area contributed by atoms with Gasteiger partial charge in [-0.15, -0.1) is 0 Å². The van der Waals surface area contributed by atoms with Gasteiger partial charge in [-0.25, -0.2) is 0 Å². The Balaban J connectivity index is 2.39. The topological polar surface area (TPSA) is 0 Å². The van der Waals surface area contributed by atoms with Gasteiger partial charge in [-0.1, -0.05) is 34.6 Å². The molecule has 2 fully saturated rings. The fourth-order valence-corrected chi connectivity index (χ4v) is 3.93. The van der Waals surface area contributed by atoms with Crippen molar-refractivity contribution in [2.24, 2.45) is 28.6 Å². The van der Waals surface area contributed by atoms with Gasteiger partial charge in [-0.05, 0) is 41.4 Å². The van der Waals surface area contributed by atoms with Gasteiger partial charge in [0.25, 0.3) is 0 Å². The maximum atomic E-state index is 2.52. The normalized spacial score (nSPS) is 56.2. The van der Waals surface area contributed by atoms with E-state index < -0.39 is 0 Å². The van der Waals surface area contributed by atoms with Gasteiger partial charge in [0.2, 0.25) is 0 Å². The molecule has 12 heavy (non-hydrogen) atoms. The number of hydrogen-bond acceptors (Lipinski definition) is 0. The molecule has 2 aliphatic carbocycles. The highest BCUT2D eigenvalue weighted by molar-refractivity contribution is 5.10. The summed E-state index contributed by atoms with van der Waals surface area (Å²) in [4.78, 5) is 0. The van der Waals surface area contributed by atoms with Crippen molar-refractivity contribution in [1.29, 1.82) is 0 Å². The van der Waals surface area contributed by atoms with Crippen LogP contribution in [0.2, 0.25) is 0 Å². The Kier molecular flexibility index (Phi) is 1.49. The van der Waals surface area contributed by atoms with E-state index in [2.05, 4.69) is 34.6 Å². The molecule has 0 aromatic rings. The van der Waals surface area contributed by atoms with E-state index in [-0.39, 0.29) is 0 Å². The molecule has 2 aliphatic rings. The van der Waals surface area contributed by atoms with Crippen LogP contribution in [0.25, 0.3) is 0 Å². The van der Waals surface area contributed by atoms with E-state index in [1.54, 1.807) is 0 Å². The average molecular weight is 166 g/mol. The van der Waals surface area contributed by atoms with Crippen molar-refractivity contribution in [2.75, 3.05) is 0 Å². The van der Waals surface area contributed by atoms with E-state index in [0.717, 1.165) is 17.8 Å². The van der Waals surface area contributed by atoms with Crippen LogP contribution in [-0.2, 0) is 0 Å². The summed E-state index contributed by atoms with van der Waals surface area (Å²) in [5, 5.41) is 0. The first-order valence-corrected chi connectivity index (χ1v) is 5.39. The smallest absolute Gasteiger partial charge is 0.0243 e. The standard InChI is InChI=1S/C12H22/c1-8-6-10-7-12(8,5)11(3,4)9(10)2/h8-10H,6-7H2,1-5H3. The number of fused-ring (bicyclic) bond motifs is 2. The highest BCUT2D eigenvalue weighted by atomic mass is 14.7. The zero-order valence-electron chi connectivity index (χ0n) is 9.15. The van der Waals surface area contributed by atoms with Crippen LogP contribution in [0, 0.1) is 28.6 Å². The van der Waals surface area contributed by atoms with E-state index in [1.165, 1.54) is 12.8 Å². The van der Waals surface area contributed by atoms with Gasteiger partial charge >= 0.3 is 0 Å². The summed E-state index contributed by atoms with van der Waals surface area (Å²) >= 11 is 0. The first-order chi connectivity index (χ1) is 5.39. The Morgan fingerprint density at radius 3 is 2.00 bits per heavy atom. The molecular weight excluding hydrogens is 144 g/mol. The summed E-state index contributed by atoms with van der Waals surface area (Å²) in [6, 6.07) is 0. The van der Waals surface area contributed by atoms with Crippen LogP contribution >= 0.6 is 0 Å². The third-order valence-electron chi connectivity index (χ3n) is 5.75. The molecule has 0 heteroatoms. The minimum atomic E-state index is 0.579. The summed E-state index contributed by atoms with van der Waals surface area (Å²) in [5.74, 6) is 2.92. The van der Waals surface area contributed by atoms with Gasteiger partial charge < -0.3 is 0 Å². The predicted molar refractivity (Wildman–Crippen MR) is 52.9 cm³/mol. The van der Waals surface area contributed by atoms with Gasteiger partial charge in [-0.3, -0.25) is 0 Å². The van der Waals surface area contributed by atoms with Crippen LogP contribution < -0.4 is 0 Å². The molecule has 2 rings (SSSR count). The SMILES string of the molecule is CC1C2CC(C)C(C)(C2)C1(C)C. The Morgan fingerprint density at radius 2 is 1.67 bits per heavy atom. The summed E-state index contributed by atoms with van der Waals surface area (Å²) in [6.45, 7) is 12.4. The van der Waals surface area contributed by atoms with Crippen LogP contribution in [0.5, 0.6) is 0 Å². The Labute approximate surface area is 76.7 Å². The minimum Gasteiger partial charge on any atom is -0.0620 e. The number of rotatable bonds is 0. The Bertz CT molecular complexity index is 204. The lowest BCUT2D eigenvalue weighted by Gasteiger charge is -2.47. The van der Waals surface area contributed by atoms with Crippen LogP contribution in [0.1, 0.15) is 47.5 Å². The van der Waals surface area contributed by atoms with Crippen LogP contribution in [-0.4, -0.2) is 0 Å². The van der Waals surface area contributed by atoms with Crippen molar-refractivity contribution < 1.29 is 0 Å². The minimum absolute atomic E-state index is 0.579. The molecule has 0 aliphatic heterocycles. The molecular formula is C12H22. The molecule has 0 saturated heterocycles. The fraction of sp³-hybridized carbons (Fsp3) is 1.00. The second kappa shape index (κ2) is 2.08.